The summed E-state index contributed by atoms with van der Waals surface area (Å²) in [4.78, 5) is 10.7. The van der Waals surface area contributed by atoms with Gasteiger partial charge < -0.3 is 4.74 Å². The molecule has 0 atom stereocenters. The molecule has 0 radical (unpaired) electrons. The Morgan fingerprint density at radius 2 is 1.93 bits per heavy atom. The number of carbonyl (C=O) groups excluding carboxylic acids is 1. The smallest absolute Gasteiger partial charge is 0.140 e. The molecule has 0 aromatic heterocycles. The van der Waals surface area contributed by atoms with E-state index in [0.29, 0.717) is 28.6 Å². The van der Waals surface area contributed by atoms with E-state index < -0.39 is 0 Å². The van der Waals surface area contributed by atoms with Gasteiger partial charge in [-0.3, -0.25) is 4.79 Å². The largest absolute Gasteiger partial charge is 0.489 e. The van der Waals surface area contributed by atoms with E-state index in [1.807, 2.05) is 0 Å². The quantitative estimate of drug-likeness (QED) is 0.781. The molecule has 0 aliphatic heterocycles. The highest BCUT2D eigenvalue weighted by Crippen LogP contribution is 2.29. The summed E-state index contributed by atoms with van der Waals surface area (Å²) < 4.78 is 5.49. The van der Waals surface area contributed by atoms with Crippen molar-refractivity contribution in [3.63, 3.8) is 0 Å². The van der Waals surface area contributed by atoms with Crippen LogP contribution in [-0.2, 0) is 4.79 Å². The maximum Gasteiger partial charge on any atom is 0.140 e. The molecular formula is C10H8Cl2O2. The van der Waals surface area contributed by atoms with Crippen molar-refractivity contribution in [1.82, 2.24) is 0 Å². The maximum absolute atomic E-state index is 10.7. The lowest BCUT2D eigenvalue weighted by atomic mass is 9.94. The summed E-state index contributed by atoms with van der Waals surface area (Å²) in [5.41, 5.74) is 0. The number of carbonyl (C=O) groups is 1. The van der Waals surface area contributed by atoms with Gasteiger partial charge in [0.1, 0.15) is 17.6 Å². The van der Waals surface area contributed by atoms with Gasteiger partial charge in [0.25, 0.3) is 0 Å². The molecule has 0 heterocycles. The number of Topliss-reactive ketones (excluding diaryl/α,β-unsaturated/α-hetero) is 1. The lowest BCUT2D eigenvalue weighted by Gasteiger charge is -2.25. The third-order valence-electron chi connectivity index (χ3n) is 2.10. The number of ether oxygens (including phenoxy) is 1. The second kappa shape index (κ2) is 3.79. The SMILES string of the molecule is O=C1CC(Oc2ccc(Cl)c(Cl)c2)C1. The van der Waals surface area contributed by atoms with Crippen molar-refractivity contribution in [3.05, 3.63) is 28.2 Å². The zero-order valence-corrected chi connectivity index (χ0v) is 8.81. The fourth-order valence-electron chi connectivity index (χ4n) is 1.27. The van der Waals surface area contributed by atoms with E-state index in [2.05, 4.69) is 0 Å². The Morgan fingerprint density at radius 3 is 2.50 bits per heavy atom. The van der Waals surface area contributed by atoms with Crippen LogP contribution >= 0.6 is 23.2 Å². The highest BCUT2D eigenvalue weighted by Gasteiger charge is 2.28. The Bertz CT molecular complexity index is 368. The van der Waals surface area contributed by atoms with Crippen LogP contribution in [0.25, 0.3) is 0 Å². The number of hydrogen-bond acceptors (Lipinski definition) is 2. The zero-order chi connectivity index (χ0) is 10.1. The highest BCUT2D eigenvalue weighted by atomic mass is 35.5. The molecule has 0 unspecified atom stereocenters. The normalized spacial score (nSPS) is 16.6. The molecule has 0 N–H and O–H groups in total. The molecule has 2 rings (SSSR count). The summed E-state index contributed by atoms with van der Waals surface area (Å²) in [5.74, 6) is 0.909. The van der Waals surface area contributed by atoms with Crippen molar-refractivity contribution in [3.8, 4) is 5.75 Å². The van der Waals surface area contributed by atoms with Gasteiger partial charge >= 0.3 is 0 Å². The summed E-state index contributed by atoms with van der Waals surface area (Å²) in [6, 6.07) is 5.09. The zero-order valence-electron chi connectivity index (χ0n) is 7.30. The Hall–Kier alpha value is -0.730. The molecule has 4 heteroatoms. The molecule has 1 fully saturated rings. The van der Waals surface area contributed by atoms with Crippen LogP contribution in [0.4, 0.5) is 0 Å². The summed E-state index contributed by atoms with van der Waals surface area (Å²) in [7, 11) is 0. The van der Waals surface area contributed by atoms with Crippen molar-refractivity contribution in [1.29, 1.82) is 0 Å². The van der Waals surface area contributed by atoms with Gasteiger partial charge in [-0.2, -0.15) is 0 Å². The van der Waals surface area contributed by atoms with E-state index in [0.717, 1.165) is 0 Å². The summed E-state index contributed by atoms with van der Waals surface area (Å²) in [5, 5.41) is 0.971. The van der Waals surface area contributed by atoms with Crippen LogP contribution in [0.15, 0.2) is 18.2 Å². The lowest BCUT2D eigenvalue weighted by molar-refractivity contribution is -0.129. The Balaban J connectivity index is 2.03. The molecule has 2 nitrogen and oxygen atoms in total. The first kappa shape index (κ1) is 9.81. The molecule has 1 aliphatic rings. The summed E-state index contributed by atoms with van der Waals surface area (Å²) in [6.07, 6.45) is 1.01. The van der Waals surface area contributed by atoms with Crippen LogP contribution < -0.4 is 4.74 Å². The van der Waals surface area contributed by atoms with E-state index in [-0.39, 0.29) is 11.9 Å². The summed E-state index contributed by atoms with van der Waals surface area (Å²) in [6.45, 7) is 0. The van der Waals surface area contributed by atoms with Crippen LogP contribution in [0.1, 0.15) is 12.8 Å². The number of halogens is 2. The third kappa shape index (κ3) is 2.02. The maximum atomic E-state index is 10.7. The van der Waals surface area contributed by atoms with Crippen LogP contribution in [-0.4, -0.2) is 11.9 Å². The lowest BCUT2D eigenvalue weighted by Crippen LogP contribution is -2.33. The fraction of sp³-hybridized carbons (Fsp3) is 0.300. The van der Waals surface area contributed by atoms with Crippen LogP contribution in [0.3, 0.4) is 0 Å². The van der Waals surface area contributed by atoms with Gasteiger partial charge in [0.05, 0.1) is 10.0 Å². The molecule has 14 heavy (non-hydrogen) atoms. The van der Waals surface area contributed by atoms with Crippen molar-refractivity contribution in [2.45, 2.75) is 18.9 Å². The first-order chi connectivity index (χ1) is 6.65. The second-order valence-electron chi connectivity index (χ2n) is 3.26. The summed E-state index contributed by atoms with van der Waals surface area (Å²) >= 11 is 11.6. The standard InChI is InChI=1S/C10H8Cl2O2/c11-9-2-1-7(5-10(9)12)14-8-3-6(13)4-8/h1-2,5,8H,3-4H2. The van der Waals surface area contributed by atoms with Gasteiger partial charge in [-0.25, -0.2) is 0 Å². The molecule has 0 saturated heterocycles. The average molecular weight is 231 g/mol. The van der Waals surface area contributed by atoms with E-state index in [1.54, 1.807) is 18.2 Å². The van der Waals surface area contributed by atoms with E-state index in [1.165, 1.54) is 0 Å². The van der Waals surface area contributed by atoms with Crippen LogP contribution in [0, 0.1) is 0 Å². The predicted octanol–water partition coefficient (Wildman–Crippen LogP) is 3.10. The minimum Gasteiger partial charge on any atom is -0.489 e. The van der Waals surface area contributed by atoms with Crippen molar-refractivity contribution in [2.24, 2.45) is 0 Å². The molecule has 0 spiro atoms. The molecule has 0 amide bonds. The van der Waals surface area contributed by atoms with Gasteiger partial charge in [-0.1, -0.05) is 23.2 Å². The van der Waals surface area contributed by atoms with Crippen LogP contribution in [0.5, 0.6) is 5.75 Å². The molecule has 0 bridgehead atoms. The van der Waals surface area contributed by atoms with Gasteiger partial charge in [0.2, 0.25) is 0 Å². The van der Waals surface area contributed by atoms with E-state index in [9.17, 15) is 4.79 Å². The highest BCUT2D eigenvalue weighted by molar-refractivity contribution is 6.42. The topological polar surface area (TPSA) is 26.3 Å². The van der Waals surface area contributed by atoms with Crippen molar-refractivity contribution >= 4 is 29.0 Å². The molecule has 1 aromatic carbocycles. The van der Waals surface area contributed by atoms with Gasteiger partial charge in [-0.15, -0.1) is 0 Å². The van der Waals surface area contributed by atoms with E-state index >= 15 is 0 Å². The van der Waals surface area contributed by atoms with Crippen molar-refractivity contribution < 1.29 is 9.53 Å². The molecular weight excluding hydrogens is 223 g/mol. The number of rotatable bonds is 2. The predicted molar refractivity (Wildman–Crippen MR) is 55.1 cm³/mol. The monoisotopic (exact) mass is 230 g/mol. The molecule has 74 valence electrons. The number of hydrogen-bond donors (Lipinski definition) is 0. The minimum atomic E-state index is 0.0137. The molecule has 1 saturated carbocycles. The number of benzene rings is 1. The minimum absolute atomic E-state index is 0.0137. The molecule has 1 aromatic rings. The Kier molecular flexibility index (Phi) is 2.66. The van der Waals surface area contributed by atoms with Crippen molar-refractivity contribution in [2.75, 3.05) is 0 Å². The van der Waals surface area contributed by atoms with Gasteiger partial charge in [-0.05, 0) is 12.1 Å². The van der Waals surface area contributed by atoms with E-state index in [4.69, 9.17) is 27.9 Å². The Labute approximate surface area is 91.8 Å². The Morgan fingerprint density at radius 1 is 1.21 bits per heavy atom. The third-order valence-corrected chi connectivity index (χ3v) is 2.84. The number of ketones is 1. The first-order valence-corrected chi connectivity index (χ1v) is 5.04. The van der Waals surface area contributed by atoms with Gasteiger partial charge in [0.15, 0.2) is 0 Å². The fourth-order valence-corrected chi connectivity index (χ4v) is 1.56. The van der Waals surface area contributed by atoms with Gasteiger partial charge in [0, 0.05) is 18.9 Å². The van der Waals surface area contributed by atoms with Crippen LogP contribution in [0.2, 0.25) is 10.0 Å². The molecule has 1 aliphatic carbocycles. The average Bonchev–Trinajstić information content (AvgIpc) is 2.09. The second-order valence-corrected chi connectivity index (χ2v) is 4.08. The first-order valence-electron chi connectivity index (χ1n) is 4.28.